The highest BCUT2D eigenvalue weighted by atomic mass is 32.2. The minimum Gasteiger partial charge on any atom is -0.378 e. The second-order valence-electron chi connectivity index (χ2n) is 8.20. The molecular weight excluding hydrogens is 452 g/mol. The van der Waals surface area contributed by atoms with Gasteiger partial charge in [-0.25, -0.2) is 13.4 Å². The fraction of sp³-hybridized carbons (Fsp3) is 0.200. The molecule has 2 aromatic heterocycles. The Morgan fingerprint density at radius 2 is 1.79 bits per heavy atom. The number of nitrogens with one attached hydrogen (secondary N) is 2. The van der Waals surface area contributed by atoms with Gasteiger partial charge in [-0.2, -0.15) is 0 Å². The molecule has 0 atom stereocenters. The SMILES string of the molecule is CS(=O)(=O)c1cccc(-c2cc3cc[nH]c(=O)c3c(Nc3ccc(N4CCOCC4)cc3)n2)c1. The third-order valence-electron chi connectivity index (χ3n) is 5.82. The molecule has 0 radical (unpaired) electrons. The summed E-state index contributed by atoms with van der Waals surface area (Å²) in [5, 5.41) is 4.41. The van der Waals surface area contributed by atoms with E-state index in [0.717, 1.165) is 24.5 Å². The van der Waals surface area contributed by atoms with Gasteiger partial charge in [0.15, 0.2) is 9.84 Å². The zero-order chi connectivity index (χ0) is 23.7. The van der Waals surface area contributed by atoms with Gasteiger partial charge in [-0.15, -0.1) is 0 Å². The number of rotatable bonds is 5. The Morgan fingerprint density at radius 3 is 2.53 bits per heavy atom. The molecule has 3 heterocycles. The maximum Gasteiger partial charge on any atom is 0.259 e. The molecule has 1 saturated heterocycles. The Hall–Kier alpha value is -3.69. The zero-order valence-electron chi connectivity index (χ0n) is 18.6. The van der Waals surface area contributed by atoms with E-state index in [-0.39, 0.29) is 10.5 Å². The average molecular weight is 477 g/mol. The van der Waals surface area contributed by atoms with Crippen molar-refractivity contribution in [3.05, 3.63) is 77.2 Å². The van der Waals surface area contributed by atoms with E-state index in [4.69, 9.17) is 9.72 Å². The average Bonchev–Trinajstić information content (AvgIpc) is 2.84. The van der Waals surface area contributed by atoms with Crippen molar-refractivity contribution in [2.45, 2.75) is 4.90 Å². The van der Waals surface area contributed by atoms with E-state index in [2.05, 4.69) is 15.2 Å². The predicted octanol–water partition coefficient (Wildman–Crippen LogP) is 3.57. The summed E-state index contributed by atoms with van der Waals surface area (Å²) in [6, 6.07) is 18.2. The van der Waals surface area contributed by atoms with Crippen molar-refractivity contribution in [2.75, 3.05) is 42.8 Å². The highest BCUT2D eigenvalue weighted by Gasteiger charge is 2.15. The van der Waals surface area contributed by atoms with Gasteiger partial charge in [-0.3, -0.25) is 4.79 Å². The van der Waals surface area contributed by atoms with E-state index < -0.39 is 9.84 Å². The van der Waals surface area contributed by atoms with Crippen LogP contribution >= 0.6 is 0 Å². The van der Waals surface area contributed by atoms with Crippen LogP contribution in [0.1, 0.15) is 0 Å². The fourth-order valence-electron chi connectivity index (χ4n) is 4.05. The summed E-state index contributed by atoms with van der Waals surface area (Å²) in [5.74, 6) is 0.401. The Labute approximate surface area is 197 Å². The topological polar surface area (TPSA) is 104 Å². The lowest BCUT2D eigenvalue weighted by atomic mass is 10.1. The molecule has 9 heteroatoms. The summed E-state index contributed by atoms with van der Waals surface area (Å²) in [6.45, 7) is 3.13. The predicted molar refractivity (Wildman–Crippen MR) is 134 cm³/mol. The van der Waals surface area contributed by atoms with Crippen LogP contribution in [0.4, 0.5) is 17.2 Å². The molecule has 1 fully saturated rings. The quantitative estimate of drug-likeness (QED) is 0.454. The number of fused-ring (bicyclic) bond motifs is 1. The van der Waals surface area contributed by atoms with Gasteiger partial charge in [0.1, 0.15) is 5.82 Å². The van der Waals surface area contributed by atoms with Gasteiger partial charge in [0, 0.05) is 42.5 Å². The lowest BCUT2D eigenvalue weighted by Gasteiger charge is -2.28. The van der Waals surface area contributed by atoms with Crippen molar-refractivity contribution in [2.24, 2.45) is 0 Å². The van der Waals surface area contributed by atoms with E-state index in [0.29, 0.717) is 41.1 Å². The number of hydrogen-bond donors (Lipinski definition) is 2. The fourth-order valence-corrected chi connectivity index (χ4v) is 4.72. The van der Waals surface area contributed by atoms with E-state index in [9.17, 15) is 13.2 Å². The van der Waals surface area contributed by atoms with E-state index >= 15 is 0 Å². The highest BCUT2D eigenvalue weighted by Crippen LogP contribution is 2.29. The van der Waals surface area contributed by atoms with Crippen LogP contribution in [0.3, 0.4) is 0 Å². The summed E-state index contributed by atoms with van der Waals surface area (Å²) in [4.78, 5) is 22.5. The molecule has 0 amide bonds. The lowest BCUT2D eigenvalue weighted by molar-refractivity contribution is 0.122. The molecular formula is C25H24N4O4S. The Bertz CT molecular complexity index is 1510. The first-order chi connectivity index (χ1) is 16.4. The number of morpholine rings is 1. The molecule has 0 unspecified atom stereocenters. The Balaban J connectivity index is 1.55. The van der Waals surface area contributed by atoms with Crippen molar-refractivity contribution in [3.8, 4) is 11.3 Å². The van der Waals surface area contributed by atoms with Gasteiger partial charge in [-0.05, 0) is 53.9 Å². The molecule has 34 heavy (non-hydrogen) atoms. The number of aromatic nitrogens is 2. The second-order valence-corrected chi connectivity index (χ2v) is 10.2. The number of H-pyrrole nitrogens is 1. The molecule has 174 valence electrons. The maximum atomic E-state index is 12.7. The Kier molecular flexibility index (Phi) is 5.80. The van der Waals surface area contributed by atoms with Gasteiger partial charge < -0.3 is 19.9 Å². The van der Waals surface area contributed by atoms with Crippen LogP contribution in [0.25, 0.3) is 22.0 Å². The van der Waals surface area contributed by atoms with Crippen LogP contribution < -0.4 is 15.8 Å². The first-order valence-corrected chi connectivity index (χ1v) is 12.8. The first-order valence-electron chi connectivity index (χ1n) is 10.9. The van der Waals surface area contributed by atoms with Crippen molar-refractivity contribution < 1.29 is 13.2 Å². The summed E-state index contributed by atoms with van der Waals surface area (Å²) in [6.07, 6.45) is 2.76. The molecule has 0 bridgehead atoms. The number of nitrogens with zero attached hydrogens (tertiary/aromatic N) is 2. The largest absolute Gasteiger partial charge is 0.378 e. The number of pyridine rings is 2. The number of hydrogen-bond acceptors (Lipinski definition) is 7. The van der Waals surface area contributed by atoms with Crippen LogP contribution in [0.5, 0.6) is 0 Å². The zero-order valence-corrected chi connectivity index (χ0v) is 19.4. The summed E-state index contributed by atoms with van der Waals surface area (Å²) < 4.78 is 29.5. The molecule has 8 nitrogen and oxygen atoms in total. The standard InChI is InChI=1S/C25H24N4O4S/c1-34(31,32)21-4-2-3-17(15-21)22-16-18-9-10-26-25(30)23(18)24(28-22)27-19-5-7-20(8-6-19)29-11-13-33-14-12-29/h2-10,15-16H,11-14H2,1H3,(H,26,30)(H,27,28). The third kappa shape index (κ3) is 4.52. The van der Waals surface area contributed by atoms with Crippen LogP contribution in [-0.2, 0) is 14.6 Å². The Morgan fingerprint density at radius 1 is 1.03 bits per heavy atom. The number of aromatic amines is 1. The van der Waals surface area contributed by atoms with E-state index in [1.807, 2.05) is 24.3 Å². The molecule has 2 aromatic carbocycles. The highest BCUT2D eigenvalue weighted by molar-refractivity contribution is 7.90. The number of sulfone groups is 1. The monoisotopic (exact) mass is 476 g/mol. The third-order valence-corrected chi connectivity index (χ3v) is 6.93. The summed E-state index contributed by atoms with van der Waals surface area (Å²) in [7, 11) is -3.36. The summed E-state index contributed by atoms with van der Waals surface area (Å²) >= 11 is 0. The van der Waals surface area contributed by atoms with Crippen LogP contribution in [0, 0.1) is 0 Å². The molecule has 0 saturated carbocycles. The van der Waals surface area contributed by atoms with Gasteiger partial charge in [0.2, 0.25) is 0 Å². The smallest absolute Gasteiger partial charge is 0.259 e. The molecule has 0 spiro atoms. The van der Waals surface area contributed by atoms with Crippen molar-refractivity contribution in [1.29, 1.82) is 0 Å². The van der Waals surface area contributed by atoms with Crippen LogP contribution in [-0.4, -0.2) is 50.9 Å². The van der Waals surface area contributed by atoms with Crippen LogP contribution in [0.2, 0.25) is 0 Å². The van der Waals surface area contributed by atoms with Gasteiger partial charge >= 0.3 is 0 Å². The van der Waals surface area contributed by atoms with Crippen molar-refractivity contribution in [3.63, 3.8) is 0 Å². The molecule has 1 aliphatic rings. The van der Waals surface area contributed by atoms with Gasteiger partial charge in [0.05, 0.1) is 29.2 Å². The van der Waals surface area contributed by atoms with Gasteiger partial charge in [0.25, 0.3) is 5.56 Å². The normalized spacial score (nSPS) is 14.3. The van der Waals surface area contributed by atoms with E-state index in [1.54, 1.807) is 42.6 Å². The maximum absolute atomic E-state index is 12.7. The molecule has 1 aliphatic heterocycles. The minimum absolute atomic E-state index is 0.214. The van der Waals surface area contributed by atoms with Gasteiger partial charge in [-0.1, -0.05) is 12.1 Å². The number of ether oxygens (including phenoxy) is 1. The van der Waals surface area contributed by atoms with Crippen LogP contribution in [0.15, 0.2) is 76.6 Å². The molecule has 4 aromatic rings. The molecule has 0 aliphatic carbocycles. The van der Waals surface area contributed by atoms with Crippen molar-refractivity contribution >= 4 is 37.8 Å². The first kappa shape index (κ1) is 22.1. The summed E-state index contributed by atoms with van der Waals surface area (Å²) in [5.41, 5.74) is 2.85. The number of benzene rings is 2. The lowest BCUT2D eigenvalue weighted by Crippen LogP contribution is -2.36. The van der Waals surface area contributed by atoms with E-state index in [1.165, 1.54) is 6.26 Å². The van der Waals surface area contributed by atoms with Crippen molar-refractivity contribution in [1.82, 2.24) is 9.97 Å². The minimum atomic E-state index is -3.36. The molecule has 5 rings (SSSR count). The number of anilines is 3. The second kappa shape index (κ2) is 8.92. The molecule has 2 N–H and O–H groups in total.